The second-order valence-electron chi connectivity index (χ2n) is 12.1. The molecule has 0 amide bonds. The van der Waals surface area contributed by atoms with Crippen LogP contribution < -0.4 is 0 Å². The van der Waals surface area contributed by atoms with Gasteiger partial charge in [-0.05, 0) is 61.3 Å². The molecule has 7 heterocycles. The molecule has 0 aliphatic carbocycles. The van der Waals surface area contributed by atoms with E-state index in [1.54, 1.807) is 12.4 Å². The highest BCUT2D eigenvalue weighted by Gasteiger charge is 2.24. The minimum absolute atomic E-state index is 0.372. The van der Waals surface area contributed by atoms with E-state index in [4.69, 9.17) is 4.98 Å². The fourth-order valence-electron chi connectivity index (χ4n) is 6.61. The summed E-state index contributed by atoms with van der Waals surface area (Å²) in [5, 5.41) is 29.4. The topological polar surface area (TPSA) is 142 Å². The van der Waals surface area contributed by atoms with Crippen LogP contribution in [-0.4, -0.2) is 73.1 Å². The predicted octanol–water partition coefficient (Wildman–Crippen LogP) is 5.96. The Labute approximate surface area is 275 Å². The summed E-state index contributed by atoms with van der Waals surface area (Å²) in [5.74, 6) is 2.68. The molecule has 1 saturated heterocycles. The second-order valence-corrected chi connectivity index (χ2v) is 12.1. The maximum atomic E-state index is 5.20. The fourth-order valence-corrected chi connectivity index (χ4v) is 6.61. The summed E-state index contributed by atoms with van der Waals surface area (Å²) in [4.78, 5) is 15.5. The predicted molar refractivity (Wildman–Crippen MR) is 181 cm³/mol. The molecule has 0 unspecified atom stereocenters. The lowest BCUT2D eigenvalue weighted by Gasteiger charge is -2.30. The number of fused-ring (bicyclic) bond motifs is 3. The van der Waals surface area contributed by atoms with Gasteiger partial charge in [-0.15, -0.1) is 25.5 Å². The Morgan fingerprint density at radius 3 is 2.42 bits per heavy atom. The molecule has 0 bridgehead atoms. The SMILES string of the molecule is c1ccc(-c2cc3c(ccn4c(-c5c[nH]nn5)nnc34)nc2-c2ccc(CN3CCC(c4nnc(-c5ccccn5)[nH]4)CC3)cc2)cc1. The molecule has 12 nitrogen and oxygen atoms in total. The van der Waals surface area contributed by atoms with Crippen molar-refractivity contribution in [3.8, 4) is 45.4 Å². The molecule has 48 heavy (non-hydrogen) atoms. The summed E-state index contributed by atoms with van der Waals surface area (Å²) < 4.78 is 1.93. The van der Waals surface area contributed by atoms with E-state index in [2.05, 4.69) is 105 Å². The lowest BCUT2D eigenvalue weighted by Crippen LogP contribution is -2.32. The first-order valence-electron chi connectivity index (χ1n) is 16.0. The molecule has 8 aromatic rings. The molecule has 6 aromatic heterocycles. The first-order chi connectivity index (χ1) is 23.8. The number of aromatic nitrogens is 11. The van der Waals surface area contributed by atoms with Gasteiger partial charge in [0.05, 0.1) is 17.4 Å². The van der Waals surface area contributed by atoms with Crippen LogP contribution in [0.3, 0.4) is 0 Å². The van der Waals surface area contributed by atoms with Crippen molar-refractivity contribution >= 4 is 16.6 Å². The maximum Gasteiger partial charge on any atom is 0.190 e. The molecule has 234 valence electrons. The van der Waals surface area contributed by atoms with Crippen LogP contribution in [0.2, 0.25) is 0 Å². The quantitative estimate of drug-likeness (QED) is 0.218. The van der Waals surface area contributed by atoms with Gasteiger partial charge in [-0.25, -0.2) is 4.98 Å². The van der Waals surface area contributed by atoms with E-state index in [-0.39, 0.29) is 0 Å². The number of aromatic amines is 2. The highest BCUT2D eigenvalue weighted by molar-refractivity contribution is 5.98. The Morgan fingerprint density at radius 2 is 1.62 bits per heavy atom. The van der Waals surface area contributed by atoms with Gasteiger partial charge in [-0.3, -0.25) is 19.4 Å². The smallest absolute Gasteiger partial charge is 0.190 e. The van der Waals surface area contributed by atoms with Crippen LogP contribution in [0.25, 0.3) is 62.0 Å². The third-order valence-corrected chi connectivity index (χ3v) is 9.12. The van der Waals surface area contributed by atoms with E-state index in [9.17, 15) is 0 Å². The number of benzene rings is 2. The van der Waals surface area contributed by atoms with Crippen LogP contribution in [0.1, 0.15) is 30.1 Å². The maximum absolute atomic E-state index is 5.20. The molecule has 0 radical (unpaired) electrons. The van der Waals surface area contributed by atoms with Crippen molar-refractivity contribution in [2.75, 3.05) is 13.1 Å². The van der Waals surface area contributed by atoms with Crippen LogP contribution in [-0.2, 0) is 6.54 Å². The van der Waals surface area contributed by atoms with Crippen molar-refractivity contribution in [2.45, 2.75) is 25.3 Å². The third kappa shape index (κ3) is 5.17. The van der Waals surface area contributed by atoms with Gasteiger partial charge in [0.1, 0.15) is 11.5 Å². The van der Waals surface area contributed by atoms with Crippen molar-refractivity contribution < 1.29 is 0 Å². The molecule has 12 heteroatoms. The Hall–Kier alpha value is -6.14. The number of H-pyrrole nitrogens is 2. The van der Waals surface area contributed by atoms with Gasteiger partial charge in [0.2, 0.25) is 0 Å². The first-order valence-corrected chi connectivity index (χ1v) is 16.0. The molecule has 0 saturated carbocycles. The van der Waals surface area contributed by atoms with E-state index < -0.39 is 0 Å². The van der Waals surface area contributed by atoms with Crippen molar-refractivity contribution in [2.24, 2.45) is 0 Å². The van der Waals surface area contributed by atoms with E-state index in [1.165, 1.54) is 5.56 Å². The molecule has 1 aliphatic heterocycles. The van der Waals surface area contributed by atoms with Gasteiger partial charge < -0.3 is 4.98 Å². The molecule has 1 aliphatic rings. The normalized spacial score (nSPS) is 14.2. The number of hydrogen-bond acceptors (Lipinski definition) is 9. The van der Waals surface area contributed by atoms with Crippen LogP contribution in [0.4, 0.5) is 0 Å². The van der Waals surface area contributed by atoms with Crippen LogP contribution in [0.15, 0.2) is 104 Å². The zero-order chi connectivity index (χ0) is 31.9. The van der Waals surface area contributed by atoms with Crippen molar-refractivity contribution in [3.63, 3.8) is 0 Å². The zero-order valence-electron chi connectivity index (χ0n) is 25.9. The molecule has 0 spiro atoms. The molecule has 2 aromatic carbocycles. The Bertz CT molecular complexity index is 2320. The second kappa shape index (κ2) is 11.9. The van der Waals surface area contributed by atoms with Gasteiger partial charge in [-0.1, -0.05) is 65.9 Å². The van der Waals surface area contributed by atoms with Gasteiger partial charge in [0.15, 0.2) is 23.0 Å². The summed E-state index contributed by atoms with van der Waals surface area (Å²) in [6, 6.07) is 29.2. The van der Waals surface area contributed by atoms with Crippen LogP contribution in [0.5, 0.6) is 0 Å². The Balaban J connectivity index is 0.958. The monoisotopic (exact) mass is 630 g/mol. The number of likely N-dealkylation sites (tertiary alicyclic amines) is 1. The number of hydrogen-bond donors (Lipinski definition) is 2. The number of rotatable bonds is 7. The zero-order valence-corrected chi connectivity index (χ0v) is 25.9. The van der Waals surface area contributed by atoms with Gasteiger partial charge >= 0.3 is 0 Å². The fraction of sp³-hybridized carbons (Fsp3) is 0.167. The van der Waals surface area contributed by atoms with Gasteiger partial charge in [0.25, 0.3) is 0 Å². The average Bonchev–Trinajstić information content (AvgIpc) is 3.94. The molecule has 9 rings (SSSR count). The van der Waals surface area contributed by atoms with Gasteiger partial charge in [-0.2, -0.15) is 0 Å². The summed E-state index contributed by atoms with van der Waals surface area (Å²) >= 11 is 0. The molecule has 2 N–H and O–H groups in total. The molecular formula is C36H30N12. The van der Waals surface area contributed by atoms with Gasteiger partial charge in [0, 0.05) is 41.4 Å². The summed E-state index contributed by atoms with van der Waals surface area (Å²) in [6.45, 7) is 2.91. The number of nitrogens with zero attached hydrogens (tertiary/aromatic N) is 10. The van der Waals surface area contributed by atoms with E-state index in [1.807, 2.05) is 40.9 Å². The minimum Gasteiger partial charge on any atom is -0.323 e. The average molecular weight is 631 g/mol. The Kier molecular flexibility index (Phi) is 6.97. The lowest BCUT2D eigenvalue weighted by atomic mass is 9.95. The number of piperidine rings is 1. The minimum atomic E-state index is 0.372. The summed E-state index contributed by atoms with van der Waals surface area (Å²) in [5.41, 5.74) is 8.42. The van der Waals surface area contributed by atoms with E-state index in [0.717, 1.165) is 88.8 Å². The van der Waals surface area contributed by atoms with Crippen LogP contribution in [0, 0.1) is 0 Å². The van der Waals surface area contributed by atoms with Crippen LogP contribution >= 0.6 is 0 Å². The molecule has 1 fully saturated rings. The number of pyridine rings is 3. The molecular weight excluding hydrogens is 600 g/mol. The Morgan fingerprint density at radius 1 is 0.771 bits per heavy atom. The standard InChI is InChI=1S/C36H30N12/c1-2-6-24(7-3-1)27-20-28-29(15-19-48-35(28)44-45-36(48)31-21-38-46-41-31)39-32(27)25-11-9-23(10-12-25)22-47-17-13-26(14-18-47)33-40-34(43-42-33)30-8-4-5-16-37-30/h1-12,15-16,19-21,26H,13-14,17-18,22H2,(H,38,41,46)(H,40,42,43). The first kappa shape index (κ1) is 28.1. The van der Waals surface area contributed by atoms with E-state index >= 15 is 0 Å². The highest BCUT2D eigenvalue weighted by atomic mass is 15.3. The molecule has 0 atom stereocenters. The summed E-state index contributed by atoms with van der Waals surface area (Å²) in [6.07, 6.45) is 7.50. The lowest BCUT2D eigenvalue weighted by molar-refractivity contribution is 0.202. The van der Waals surface area contributed by atoms with Crippen molar-refractivity contribution in [1.82, 2.24) is 60.1 Å². The van der Waals surface area contributed by atoms with Crippen molar-refractivity contribution in [3.05, 3.63) is 115 Å². The highest BCUT2D eigenvalue weighted by Crippen LogP contribution is 2.35. The van der Waals surface area contributed by atoms with E-state index in [0.29, 0.717) is 17.4 Å². The number of nitrogens with one attached hydrogen (secondary N) is 2. The summed E-state index contributed by atoms with van der Waals surface area (Å²) in [7, 11) is 0. The largest absolute Gasteiger partial charge is 0.323 e. The van der Waals surface area contributed by atoms with Crippen molar-refractivity contribution in [1.29, 1.82) is 0 Å². The third-order valence-electron chi connectivity index (χ3n) is 9.12.